The van der Waals surface area contributed by atoms with Gasteiger partial charge in [-0.25, -0.2) is 4.39 Å². The Hall–Kier alpha value is -2.62. The van der Waals surface area contributed by atoms with Crippen LogP contribution < -0.4 is 4.74 Å². The number of rotatable bonds is 5. The molecule has 4 heteroatoms. The van der Waals surface area contributed by atoms with Crippen molar-refractivity contribution < 1.29 is 13.9 Å². The second-order valence-electron chi connectivity index (χ2n) is 5.62. The highest BCUT2D eigenvalue weighted by Crippen LogP contribution is 2.19. The number of amides is 1. The van der Waals surface area contributed by atoms with Gasteiger partial charge in [0.05, 0.1) is 6.61 Å². The van der Waals surface area contributed by atoms with Crippen molar-refractivity contribution in [1.82, 2.24) is 4.90 Å². The van der Waals surface area contributed by atoms with Crippen molar-refractivity contribution in [1.29, 1.82) is 0 Å². The van der Waals surface area contributed by atoms with Crippen LogP contribution >= 0.6 is 0 Å². The summed E-state index contributed by atoms with van der Waals surface area (Å²) in [6.45, 7) is 1.93. The van der Waals surface area contributed by atoms with Crippen molar-refractivity contribution >= 4 is 12.0 Å². The molecule has 1 amide bonds. The predicted octanol–water partition coefficient (Wildman–Crippen LogP) is 3.38. The van der Waals surface area contributed by atoms with Gasteiger partial charge in [0.25, 0.3) is 0 Å². The molecule has 0 aliphatic carbocycles. The van der Waals surface area contributed by atoms with Gasteiger partial charge >= 0.3 is 0 Å². The third kappa shape index (κ3) is 4.19. The molecule has 0 atom stereocenters. The van der Waals surface area contributed by atoms with Crippen LogP contribution in [0, 0.1) is 11.7 Å². The summed E-state index contributed by atoms with van der Waals surface area (Å²) in [4.78, 5) is 13.8. The Kier molecular flexibility index (Phi) is 4.71. The largest absolute Gasteiger partial charge is 0.493 e. The first-order valence-electron chi connectivity index (χ1n) is 7.61. The summed E-state index contributed by atoms with van der Waals surface area (Å²) in [5.41, 5.74) is 1.01. The number of ether oxygens (including phenoxy) is 1. The summed E-state index contributed by atoms with van der Waals surface area (Å²) < 4.78 is 18.4. The van der Waals surface area contributed by atoms with Crippen LogP contribution in [0.5, 0.6) is 5.75 Å². The molecule has 0 N–H and O–H groups in total. The van der Waals surface area contributed by atoms with E-state index < -0.39 is 0 Å². The van der Waals surface area contributed by atoms with Gasteiger partial charge in [0.15, 0.2) is 0 Å². The molecule has 2 aromatic carbocycles. The maximum Gasteiger partial charge on any atom is 0.246 e. The van der Waals surface area contributed by atoms with Crippen molar-refractivity contribution in [2.75, 3.05) is 19.7 Å². The standard InChI is InChI=1S/C19H18FNO2/c20-17-7-9-18(10-8-17)23-14-16-12-21(13-16)19(22)11-6-15-4-2-1-3-5-15/h1-11,16H,12-14H2/b11-6+. The third-order valence-corrected chi connectivity index (χ3v) is 3.79. The molecule has 23 heavy (non-hydrogen) atoms. The minimum absolute atomic E-state index is 0.0203. The lowest BCUT2D eigenvalue weighted by atomic mass is 10.0. The van der Waals surface area contributed by atoms with Crippen LogP contribution in [-0.2, 0) is 4.79 Å². The molecule has 1 heterocycles. The summed E-state index contributed by atoms with van der Waals surface area (Å²) in [5.74, 6) is 0.726. The van der Waals surface area contributed by atoms with Crippen LogP contribution in [0.3, 0.4) is 0 Å². The van der Waals surface area contributed by atoms with Gasteiger partial charge in [0.2, 0.25) is 5.91 Å². The highest BCUT2D eigenvalue weighted by Gasteiger charge is 2.29. The summed E-state index contributed by atoms with van der Waals surface area (Å²) in [6, 6.07) is 15.7. The zero-order valence-electron chi connectivity index (χ0n) is 12.7. The lowest BCUT2D eigenvalue weighted by molar-refractivity contribution is -0.132. The van der Waals surface area contributed by atoms with Gasteiger partial charge in [0, 0.05) is 25.1 Å². The molecule has 0 radical (unpaired) electrons. The molecular formula is C19H18FNO2. The van der Waals surface area contributed by atoms with E-state index in [-0.39, 0.29) is 11.7 Å². The Morgan fingerprint density at radius 1 is 1.13 bits per heavy atom. The minimum Gasteiger partial charge on any atom is -0.493 e. The molecule has 1 aliphatic rings. The lowest BCUT2D eigenvalue weighted by Gasteiger charge is -2.38. The highest BCUT2D eigenvalue weighted by molar-refractivity contribution is 5.92. The van der Waals surface area contributed by atoms with Crippen LogP contribution in [0.1, 0.15) is 5.56 Å². The number of nitrogens with zero attached hydrogens (tertiary/aromatic N) is 1. The van der Waals surface area contributed by atoms with Crippen molar-refractivity contribution in [3.63, 3.8) is 0 Å². The van der Waals surface area contributed by atoms with E-state index in [1.165, 1.54) is 12.1 Å². The molecule has 1 saturated heterocycles. The molecule has 3 rings (SSSR count). The van der Waals surface area contributed by atoms with E-state index in [9.17, 15) is 9.18 Å². The van der Waals surface area contributed by atoms with E-state index >= 15 is 0 Å². The topological polar surface area (TPSA) is 29.5 Å². The summed E-state index contributed by atoms with van der Waals surface area (Å²) in [5, 5.41) is 0. The van der Waals surface area contributed by atoms with E-state index in [1.807, 2.05) is 36.4 Å². The number of likely N-dealkylation sites (tertiary alicyclic amines) is 1. The maximum absolute atomic E-state index is 12.8. The van der Waals surface area contributed by atoms with E-state index in [2.05, 4.69) is 0 Å². The van der Waals surface area contributed by atoms with Crippen molar-refractivity contribution in [3.8, 4) is 5.75 Å². The molecule has 2 aromatic rings. The number of hydrogen-bond acceptors (Lipinski definition) is 2. The van der Waals surface area contributed by atoms with E-state index in [1.54, 1.807) is 23.1 Å². The molecule has 0 saturated carbocycles. The maximum atomic E-state index is 12.8. The molecule has 0 aromatic heterocycles. The first-order chi connectivity index (χ1) is 11.2. The minimum atomic E-state index is -0.275. The van der Waals surface area contributed by atoms with Gasteiger partial charge in [-0.05, 0) is 35.9 Å². The fraction of sp³-hybridized carbons (Fsp3) is 0.211. The SMILES string of the molecule is O=C(/C=C/c1ccccc1)N1CC(COc2ccc(F)cc2)C1. The molecule has 118 valence electrons. The Labute approximate surface area is 135 Å². The van der Waals surface area contributed by atoms with Crippen molar-refractivity contribution in [2.24, 2.45) is 5.92 Å². The van der Waals surface area contributed by atoms with Gasteiger partial charge in [-0.15, -0.1) is 0 Å². The molecule has 1 fully saturated rings. The highest BCUT2D eigenvalue weighted by atomic mass is 19.1. The Balaban J connectivity index is 1.41. The molecule has 1 aliphatic heterocycles. The third-order valence-electron chi connectivity index (χ3n) is 3.79. The van der Waals surface area contributed by atoms with Gasteiger partial charge in [0.1, 0.15) is 11.6 Å². The van der Waals surface area contributed by atoms with Crippen molar-refractivity contribution in [2.45, 2.75) is 0 Å². The number of carbonyl (C=O) groups excluding carboxylic acids is 1. The summed E-state index contributed by atoms with van der Waals surface area (Å²) in [6.07, 6.45) is 3.43. The quantitative estimate of drug-likeness (QED) is 0.792. The van der Waals surface area contributed by atoms with Crippen LogP contribution in [0.15, 0.2) is 60.7 Å². The fourth-order valence-corrected chi connectivity index (χ4v) is 2.44. The summed E-state index contributed by atoms with van der Waals surface area (Å²) in [7, 11) is 0. The van der Waals surface area contributed by atoms with E-state index in [4.69, 9.17) is 4.74 Å². The van der Waals surface area contributed by atoms with Crippen LogP contribution in [0.4, 0.5) is 4.39 Å². The zero-order chi connectivity index (χ0) is 16.1. The van der Waals surface area contributed by atoms with E-state index in [0.717, 1.165) is 5.56 Å². The second kappa shape index (κ2) is 7.09. The molecule has 0 spiro atoms. The zero-order valence-corrected chi connectivity index (χ0v) is 12.7. The van der Waals surface area contributed by atoms with Crippen LogP contribution in [-0.4, -0.2) is 30.5 Å². The molecule has 0 unspecified atom stereocenters. The Bertz CT molecular complexity index is 676. The first-order valence-corrected chi connectivity index (χ1v) is 7.61. The smallest absolute Gasteiger partial charge is 0.246 e. The normalized spacial score (nSPS) is 14.7. The molecule has 0 bridgehead atoms. The van der Waals surface area contributed by atoms with Gasteiger partial charge in [-0.3, -0.25) is 4.79 Å². The van der Waals surface area contributed by atoms with Crippen LogP contribution in [0.2, 0.25) is 0 Å². The number of hydrogen-bond donors (Lipinski definition) is 0. The monoisotopic (exact) mass is 311 g/mol. The van der Waals surface area contributed by atoms with Crippen molar-refractivity contribution in [3.05, 3.63) is 72.1 Å². The second-order valence-corrected chi connectivity index (χ2v) is 5.62. The number of halogens is 1. The lowest BCUT2D eigenvalue weighted by Crippen LogP contribution is -2.51. The Morgan fingerprint density at radius 3 is 2.52 bits per heavy atom. The van der Waals surface area contributed by atoms with Gasteiger partial charge in [-0.1, -0.05) is 30.3 Å². The van der Waals surface area contributed by atoms with E-state index in [0.29, 0.717) is 31.4 Å². The average Bonchev–Trinajstić information content (AvgIpc) is 2.54. The number of carbonyl (C=O) groups is 1. The fourth-order valence-electron chi connectivity index (χ4n) is 2.44. The Morgan fingerprint density at radius 2 is 1.83 bits per heavy atom. The molecular weight excluding hydrogens is 293 g/mol. The molecule has 3 nitrogen and oxygen atoms in total. The van der Waals surface area contributed by atoms with Crippen LogP contribution in [0.25, 0.3) is 6.08 Å². The number of benzene rings is 2. The van der Waals surface area contributed by atoms with Gasteiger partial charge in [-0.2, -0.15) is 0 Å². The van der Waals surface area contributed by atoms with Gasteiger partial charge < -0.3 is 9.64 Å². The first kappa shape index (κ1) is 15.3. The average molecular weight is 311 g/mol. The summed E-state index contributed by atoms with van der Waals surface area (Å²) >= 11 is 0. The predicted molar refractivity (Wildman–Crippen MR) is 87.4 cm³/mol.